The molecule has 0 saturated carbocycles. The van der Waals surface area contributed by atoms with E-state index in [1.807, 2.05) is 108 Å². The van der Waals surface area contributed by atoms with E-state index >= 15 is 0 Å². The number of amides is 4. The maximum atomic E-state index is 12.1. The standard InChI is InChI=1S/C20H26N6O2Si.2C14H12N6O.C11H19N5OSi.C9H8Br2O2.C9H8BrNO/c1-25-10-14-9-15(5-6-16(14)20(25)27)24-18-17-19(22-11-21-18)26(12-23-17)13-28-7-8-29(2,3)4;2*1-20-5-8-4-9(2-3-10(8)14(20)21)19-13-11-12(16-6-15-11)17-7-18-13;1-18(2,3)5-4-17-8-16-7-15-9-10(12)13-6-14-11(9)16;1-13-9(12)8-3-2-7(11)4-6(8)5-10;1-11-5-6-4-7(10)2-3-8(6)9(11)12/h5-6,9,11-12H,7-8,10,13H2,1-4H3,(H,21,22,24);2*2-4,6-7H,5H2,1H3,(H2,15,16,17,18,19);6-7H,4-5,8H2,1-3H3,(H2,12,13,14);2-4H,5H2,1H3;2-4H,5H2,1H3. The number of hydrogen-bond donors (Lipinski definition) is 6. The van der Waals surface area contributed by atoms with Crippen LogP contribution < -0.4 is 21.7 Å². The number of alkyl halides is 1. The van der Waals surface area contributed by atoms with Crippen LogP contribution in [-0.4, -0.2) is 193 Å². The summed E-state index contributed by atoms with van der Waals surface area (Å²) in [6.07, 6.45) is 12.5. The second kappa shape index (κ2) is 36.2. The van der Waals surface area contributed by atoms with Crippen molar-refractivity contribution in [3.63, 3.8) is 0 Å². The largest absolute Gasteiger partial charge is 0.465 e. The van der Waals surface area contributed by atoms with E-state index in [0.29, 0.717) is 89.6 Å². The third kappa shape index (κ3) is 20.0. The van der Waals surface area contributed by atoms with Crippen LogP contribution in [0.15, 0.2) is 151 Å². The maximum Gasteiger partial charge on any atom is 0.338 e. The number of nitrogens with one attached hydrogen (secondary N) is 5. The highest BCUT2D eigenvalue weighted by Crippen LogP contribution is 2.33. The Morgan fingerprint density at radius 1 is 0.482 bits per heavy atom. The van der Waals surface area contributed by atoms with Gasteiger partial charge >= 0.3 is 5.97 Å². The molecular formula is C77H85Br3N24O8Si2. The van der Waals surface area contributed by atoms with Gasteiger partial charge in [-0.15, -0.1) is 0 Å². The van der Waals surface area contributed by atoms with Crippen molar-refractivity contribution in [1.29, 1.82) is 0 Å². The molecule has 0 bridgehead atoms. The Bertz CT molecular complexity index is 5570. The minimum Gasteiger partial charge on any atom is -0.465 e. The number of anilines is 7. The Labute approximate surface area is 683 Å². The Kier molecular flexibility index (Phi) is 26.1. The molecule has 4 aliphatic heterocycles. The van der Waals surface area contributed by atoms with Gasteiger partial charge in [0.1, 0.15) is 55.3 Å². The van der Waals surface area contributed by atoms with Crippen molar-refractivity contribution in [1.82, 2.24) is 98.5 Å². The number of methoxy groups -OCH3 is 1. The average molecular weight is 1770 g/mol. The van der Waals surface area contributed by atoms with Gasteiger partial charge < -0.3 is 65.5 Å². The fourth-order valence-corrected chi connectivity index (χ4v) is 15.1. The number of rotatable bonds is 18. The van der Waals surface area contributed by atoms with E-state index in [0.717, 1.165) is 130 Å². The van der Waals surface area contributed by atoms with Crippen LogP contribution in [0.1, 0.15) is 79.6 Å². The maximum absolute atomic E-state index is 12.1. The molecule has 0 unspecified atom stereocenters. The lowest BCUT2D eigenvalue weighted by atomic mass is 10.1. The molecule has 0 aliphatic carbocycles. The number of aromatic amines is 2. The van der Waals surface area contributed by atoms with E-state index in [2.05, 4.69) is 178 Å². The SMILES string of the molecule is CN1Cc2cc(Br)ccc2C1=O.CN1Cc2cc(Nc3ncnc4c3ncn4COCC[Si](C)(C)C)ccc2C1=O.CN1Cc2cc(Nc3ncnc4nc[nH]c34)ccc2C1=O.CN1Cc2cc(Nc3ncnc4nc[nH]c34)ccc2C1=O.COC(=O)c1ccc(Br)cc1CBr.C[Si](C)(C)CCOCn1cnc2c(N)ncnc21. The number of nitrogen functional groups attached to an aromatic ring is 1. The van der Waals surface area contributed by atoms with Gasteiger partial charge in [-0.05, 0) is 131 Å². The Hall–Kier alpha value is -11.4. The van der Waals surface area contributed by atoms with E-state index in [1.54, 1.807) is 65.1 Å². The van der Waals surface area contributed by atoms with Crippen LogP contribution in [0.2, 0.25) is 51.4 Å². The number of ether oxygens (including phenoxy) is 3. The predicted octanol–water partition coefficient (Wildman–Crippen LogP) is 13.7. The second-order valence-electron chi connectivity index (χ2n) is 29.5. The number of hydrogen-bond acceptors (Lipinski definition) is 24. The normalized spacial score (nSPS) is 13.2. The first-order valence-electron chi connectivity index (χ1n) is 36.0. The molecule has 0 saturated heterocycles. The number of fused-ring (bicyclic) bond motifs is 8. The molecule has 5 aromatic carbocycles. The summed E-state index contributed by atoms with van der Waals surface area (Å²) in [5, 5.41) is 10.4. The minimum atomic E-state index is -1.11. The number of benzene rings is 5. The third-order valence-corrected chi connectivity index (χ3v) is 23.5. The zero-order chi connectivity index (χ0) is 81.1. The summed E-state index contributed by atoms with van der Waals surface area (Å²) in [4.78, 5) is 122. The number of aromatic nitrogens is 16. The van der Waals surface area contributed by atoms with E-state index in [-0.39, 0.29) is 29.6 Å². The van der Waals surface area contributed by atoms with Gasteiger partial charge in [0, 0.05) is 137 Å². The summed E-state index contributed by atoms with van der Waals surface area (Å²) < 4.78 is 21.9. The molecule has 0 fully saturated rings. The van der Waals surface area contributed by atoms with E-state index in [9.17, 15) is 24.0 Å². The van der Waals surface area contributed by atoms with Crippen molar-refractivity contribution in [2.75, 3.05) is 70.2 Å². The first kappa shape index (κ1) is 82.1. The lowest BCUT2D eigenvalue weighted by molar-refractivity contribution is 0.0598. The van der Waals surface area contributed by atoms with Crippen molar-refractivity contribution >= 4 is 179 Å². The van der Waals surface area contributed by atoms with Gasteiger partial charge in [0.2, 0.25) is 0 Å². The summed E-state index contributed by atoms with van der Waals surface area (Å²) in [6, 6.07) is 30.6. The van der Waals surface area contributed by atoms with Crippen LogP contribution in [0.3, 0.4) is 0 Å². The van der Waals surface area contributed by atoms with Crippen LogP contribution in [0.25, 0.3) is 44.7 Å². The summed E-state index contributed by atoms with van der Waals surface area (Å²) in [7, 11) is 6.45. The Morgan fingerprint density at radius 2 is 0.868 bits per heavy atom. The van der Waals surface area contributed by atoms with Gasteiger partial charge in [0.05, 0.1) is 38.0 Å². The van der Waals surface area contributed by atoms with Crippen molar-refractivity contribution < 1.29 is 38.2 Å². The molecule has 32 nitrogen and oxygen atoms in total. The van der Waals surface area contributed by atoms with Crippen molar-refractivity contribution in [3.8, 4) is 0 Å². The van der Waals surface area contributed by atoms with Crippen LogP contribution in [0.5, 0.6) is 0 Å². The summed E-state index contributed by atoms with van der Waals surface area (Å²) in [5.41, 5.74) is 22.6. The quantitative estimate of drug-likeness (QED) is 0.0201. The molecule has 114 heavy (non-hydrogen) atoms. The predicted molar refractivity (Wildman–Crippen MR) is 451 cm³/mol. The van der Waals surface area contributed by atoms with Crippen LogP contribution in [0, 0.1) is 0 Å². The molecule has 13 aromatic rings. The molecule has 17 rings (SSSR count). The Morgan fingerprint density at radius 3 is 1.32 bits per heavy atom. The Balaban J connectivity index is 0.000000129. The first-order chi connectivity index (χ1) is 54.6. The number of carbonyl (C=O) groups excluding carboxylic acids is 5. The van der Waals surface area contributed by atoms with Gasteiger partial charge in [-0.2, -0.15) is 0 Å². The topological polar surface area (TPSA) is 384 Å². The van der Waals surface area contributed by atoms with E-state index in [4.69, 9.17) is 15.2 Å². The van der Waals surface area contributed by atoms with E-state index < -0.39 is 16.1 Å². The van der Waals surface area contributed by atoms with Crippen LogP contribution in [0.4, 0.5) is 40.3 Å². The zero-order valence-electron chi connectivity index (χ0n) is 64.6. The van der Waals surface area contributed by atoms with Gasteiger partial charge in [-0.3, -0.25) is 28.3 Å². The summed E-state index contributed by atoms with van der Waals surface area (Å²) in [5.74, 6) is 2.37. The lowest BCUT2D eigenvalue weighted by Gasteiger charge is -2.15. The number of halogens is 3. The second-order valence-corrected chi connectivity index (χ2v) is 43.1. The van der Waals surface area contributed by atoms with Gasteiger partial charge in [-0.1, -0.05) is 87.1 Å². The number of imidazole rings is 4. The fourth-order valence-electron chi connectivity index (χ4n) is 12.3. The smallest absolute Gasteiger partial charge is 0.338 e. The van der Waals surface area contributed by atoms with Crippen LogP contribution in [-0.2, 0) is 59.2 Å². The van der Waals surface area contributed by atoms with Crippen molar-refractivity contribution in [2.24, 2.45) is 0 Å². The molecule has 7 N–H and O–H groups in total. The molecule has 590 valence electrons. The molecule has 0 spiro atoms. The summed E-state index contributed by atoms with van der Waals surface area (Å²) in [6.45, 7) is 19.0. The van der Waals surface area contributed by atoms with Gasteiger partial charge in [0.15, 0.2) is 51.4 Å². The third-order valence-electron chi connectivity index (χ3n) is 18.5. The zero-order valence-corrected chi connectivity index (χ0v) is 71.3. The van der Waals surface area contributed by atoms with Crippen molar-refractivity contribution in [2.45, 2.75) is 96.3 Å². The van der Waals surface area contributed by atoms with Crippen LogP contribution >= 0.6 is 47.8 Å². The average Bonchev–Trinajstić information content (AvgIpc) is 1.65. The monoisotopic (exact) mass is 1770 g/mol. The first-order valence-corrected chi connectivity index (χ1v) is 46.2. The molecule has 37 heteroatoms. The molecule has 4 aliphatic rings. The molecule has 4 amide bonds. The molecule has 12 heterocycles. The van der Waals surface area contributed by atoms with Crippen molar-refractivity contribution in [3.05, 3.63) is 206 Å². The van der Waals surface area contributed by atoms with Gasteiger partial charge in [-0.25, -0.2) is 64.6 Å². The molecule has 0 atom stereocenters. The summed E-state index contributed by atoms with van der Waals surface area (Å²) >= 11 is 10.0. The molecular weight excluding hydrogens is 1680 g/mol. The minimum absolute atomic E-state index is 0.0591. The highest BCUT2D eigenvalue weighted by molar-refractivity contribution is 9.10. The number of H-pyrrole nitrogens is 2. The molecule has 8 aromatic heterocycles. The van der Waals surface area contributed by atoms with Gasteiger partial charge in [0.25, 0.3) is 23.6 Å². The number of nitrogens with two attached hydrogens (primary N) is 1. The number of carbonyl (C=O) groups is 5. The van der Waals surface area contributed by atoms with E-state index in [1.165, 1.54) is 32.4 Å². The highest BCUT2D eigenvalue weighted by atomic mass is 79.9. The molecule has 0 radical (unpaired) electrons. The number of nitrogens with zero attached hydrogens (tertiary/aromatic N) is 18. The lowest BCUT2D eigenvalue weighted by Crippen LogP contribution is -2.22. The fraction of sp³-hybridized carbons (Fsp3) is 0.286. The highest BCUT2D eigenvalue weighted by Gasteiger charge is 2.29. The number of esters is 1.